The van der Waals surface area contributed by atoms with E-state index in [0.717, 1.165) is 11.4 Å². The Labute approximate surface area is 112 Å². The monoisotopic (exact) mass is 256 g/mol. The van der Waals surface area contributed by atoms with Crippen LogP contribution < -0.4 is 5.32 Å². The van der Waals surface area contributed by atoms with Gasteiger partial charge in [0.05, 0.1) is 0 Å². The molecule has 1 aromatic heterocycles. The summed E-state index contributed by atoms with van der Waals surface area (Å²) in [6.07, 6.45) is 0. The number of thiophene rings is 1. The normalized spacial score (nSPS) is 12.1. The number of nitriles is 1. The molecule has 1 heterocycles. The third kappa shape index (κ3) is 2.98. The second-order valence-corrected chi connectivity index (χ2v) is 5.51. The molecule has 2 nitrogen and oxygen atoms in total. The van der Waals surface area contributed by atoms with Crippen molar-refractivity contribution in [2.45, 2.75) is 26.4 Å². The molecular formula is C15H16N2S. The van der Waals surface area contributed by atoms with Crippen molar-refractivity contribution in [2.24, 2.45) is 0 Å². The minimum Gasteiger partial charge on any atom is -0.305 e. The molecule has 0 bridgehead atoms. The number of benzene rings is 1. The Kier molecular flexibility index (Phi) is 4.14. The van der Waals surface area contributed by atoms with Gasteiger partial charge in [0, 0.05) is 17.5 Å². The van der Waals surface area contributed by atoms with Crippen molar-refractivity contribution >= 4 is 11.3 Å². The first-order valence-electron chi connectivity index (χ1n) is 5.98. The van der Waals surface area contributed by atoms with Crippen LogP contribution in [0.3, 0.4) is 0 Å². The fourth-order valence-electron chi connectivity index (χ4n) is 1.97. The quantitative estimate of drug-likeness (QED) is 0.903. The molecule has 0 fully saturated rings. The number of aryl methyl sites for hydroxylation is 1. The molecule has 1 atom stereocenters. The van der Waals surface area contributed by atoms with Crippen molar-refractivity contribution < 1.29 is 0 Å². The topological polar surface area (TPSA) is 35.8 Å². The third-order valence-electron chi connectivity index (χ3n) is 3.01. The summed E-state index contributed by atoms with van der Waals surface area (Å²) in [5.74, 6) is 0. The van der Waals surface area contributed by atoms with E-state index in [-0.39, 0.29) is 0 Å². The van der Waals surface area contributed by atoms with Crippen LogP contribution in [0.2, 0.25) is 0 Å². The zero-order chi connectivity index (χ0) is 13.0. The Morgan fingerprint density at radius 1 is 1.28 bits per heavy atom. The Hall–Kier alpha value is -1.63. The summed E-state index contributed by atoms with van der Waals surface area (Å²) in [5, 5.41) is 12.3. The number of hydrogen-bond donors (Lipinski definition) is 1. The van der Waals surface area contributed by atoms with Gasteiger partial charge in [-0.3, -0.25) is 0 Å². The summed E-state index contributed by atoms with van der Waals surface area (Å²) in [5.41, 5.74) is 2.64. The molecular weight excluding hydrogens is 240 g/mol. The highest BCUT2D eigenvalue weighted by Crippen LogP contribution is 2.19. The number of hydrogen-bond acceptors (Lipinski definition) is 3. The molecule has 0 saturated carbocycles. The van der Waals surface area contributed by atoms with E-state index in [9.17, 15) is 0 Å². The van der Waals surface area contributed by atoms with Gasteiger partial charge >= 0.3 is 0 Å². The van der Waals surface area contributed by atoms with Crippen molar-refractivity contribution in [3.63, 3.8) is 0 Å². The van der Waals surface area contributed by atoms with Gasteiger partial charge in [0.15, 0.2) is 0 Å². The standard InChI is InChI=1S/C15H16N2S/c1-11-5-3-4-6-15(11)12(2)17-10-14-8-7-13(9-16)18-14/h3-8,12,17H,10H2,1-2H3/t12-/m0/s1. The summed E-state index contributed by atoms with van der Waals surface area (Å²) >= 11 is 1.55. The lowest BCUT2D eigenvalue weighted by Gasteiger charge is -2.15. The van der Waals surface area contributed by atoms with Gasteiger partial charge in [-0.15, -0.1) is 11.3 Å². The molecule has 92 valence electrons. The Bertz CT molecular complexity index is 566. The van der Waals surface area contributed by atoms with Crippen molar-refractivity contribution in [3.8, 4) is 6.07 Å². The van der Waals surface area contributed by atoms with E-state index in [1.807, 2.05) is 12.1 Å². The molecule has 0 amide bonds. The summed E-state index contributed by atoms with van der Waals surface area (Å²) in [6, 6.07) is 14.8. The fourth-order valence-corrected chi connectivity index (χ4v) is 2.73. The predicted molar refractivity (Wildman–Crippen MR) is 75.5 cm³/mol. The molecule has 0 saturated heterocycles. The van der Waals surface area contributed by atoms with Gasteiger partial charge in [0.1, 0.15) is 10.9 Å². The SMILES string of the molecule is Cc1ccccc1[C@H](C)NCc1ccc(C#N)s1. The minimum atomic E-state index is 0.318. The molecule has 0 aliphatic carbocycles. The van der Waals surface area contributed by atoms with Crippen LogP contribution in [-0.4, -0.2) is 0 Å². The van der Waals surface area contributed by atoms with Gasteiger partial charge in [-0.05, 0) is 37.1 Å². The molecule has 0 unspecified atom stereocenters. The van der Waals surface area contributed by atoms with E-state index in [4.69, 9.17) is 5.26 Å². The van der Waals surface area contributed by atoms with E-state index in [0.29, 0.717) is 6.04 Å². The van der Waals surface area contributed by atoms with Crippen LogP contribution in [0.4, 0.5) is 0 Å². The first-order valence-corrected chi connectivity index (χ1v) is 6.80. The van der Waals surface area contributed by atoms with Gasteiger partial charge < -0.3 is 5.32 Å². The summed E-state index contributed by atoms with van der Waals surface area (Å²) in [4.78, 5) is 1.97. The van der Waals surface area contributed by atoms with Crippen LogP contribution in [0.25, 0.3) is 0 Å². The van der Waals surface area contributed by atoms with Crippen LogP contribution in [0, 0.1) is 18.3 Å². The van der Waals surface area contributed by atoms with E-state index >= 15 is 0 Å². The van der Waals surface area contributed by atoms with Gasteiger partial charge in [0.2, 0.25) is 0 Å². The molecule has 1 aromatic carbocycles. The van der Waals surface area contributed by atoms with Crippen molar-refractivity contribution in [1.82, 2.24) is 5.32 Å². The van der Waals surface area contributed by atoms with Crippen LogP contribution in [0.5, 0.6) is 0 Å². The lowest BCUT2D eigenvalue weighted by molar-refractivity contribution is 0.576. The highest BCUT2D eigenvalue weighted by atomic mass is 32.1. The molecule has 0 aliphatic rings. The lowest BCUT2D eigenvalue weighted by Crippen LogP contribution is -2.18. The second-order valence-electron chi connectivity index (χ2n) is 4.34. The molecule has 0 radical (unpaired) electrons. The lowest BCUT2D eigenvalue weighted by atomic mass is 10.0. The van der Waals surface area contributed by atoms with E-state index in [2.05, 4.69) is 49.5 Å². The van der Waals surface area contributed by atoms with Crippen LogP contribution in [0.15, 0.2) is 36.4 Å². The van der Waals surface area contributed by atoms with Gasteiger partial charge in [0.25, 0.3) is 0 Å². The van der Waals surface area contributed by atoms with E-state index in [1.54, 1.807) is 11.3 Å². The fraction of sp³-hybridized carbons (Fsp3) is 0.267. The first kappa shape index (κ1) is 12.8. The molecule has 2 aromatic rings. The van der Waals surface area contributed by atoms with Crippen molar-refractivity contribution in [2.75, 3.05) is 0 Å². The van der Waals surface area contributed by atoms with Crippen LogP contribution in [-0.2, 0) is 6.54 Å². The number of rotatable bonds is 4. The Morgan fingerprint density at radius 3 is 2.72 bits per heavy atom. The maximum absolute atomic E-state index is 8.78. The first-order chi connectivity index (χ1) is 8.70. The van der Waals surface area contributed by atoms with Gasteiger partial charge in [-0.1, -0.05) is 24.3 Å². The summed E-state index contributed by atoms with van der Waals surface area (Å²) in [6.45, 7) is 5.11. The maximum atomic E-state index is 8.78. The molecule has 1 N–H and O–H groups in total. The molecule has 2 rings (SSSR count). The van der Waals surface area contributed by atoms with E-state index in [1.165, 1.54) is 16.0 Å². The number of nitrogens with one attached hydrogen (secondary N) is 1. The summed E-state index contributed by atoms with van der Waals surface area (Å²) < 4.78 is 0. The zero-order valence-corrected chi connectivity index (χ0v) is 11.4. The van der Waals surface area contributed by atoms with Crippen molar-refractivity contribution in [3.05, 3.63) is 57.3 Å². The van der Waals surface area contributed by atoms with Crippen LogP contribution >= 0.6 is 11.3 Å². The minimum absolute atomic E-state index is 0.318. The Morgan fingerprint density at radius 2 is 2.06 bits per heavy atom. The molecule has 0 spiro atoms. The predicted octanol–water partition coefficient (Wildman–Crippen LogP) is 3.78. The maximum Gasteiger partial charge on any atom is 0.110 e. The molecule has 3 heteroatoms. The highest BCUT2D eigenvalue weighted by Gasteiger charge is 2.07. The van der Waals surface area contributed by atoms with Crippen molar-refractivity contribution in [1.29, 1.82) is 5.26 Å². The zero-order valence-electron chi connectivity index (χ0n) is 10.6. The third-order valence-corrected chi connectivity index (χ3v) is 4.00. The average Bonchev–Trinajstić information content (AvgIpc) is 2.84. The smallest absolute Gasteiger partial charge is 0.110 e. The number of nitrogens with zero attached hydrogens (tertiary/aromatic N) is 1. The van der Waals surface area contributed by atoms with E-state index < -0.39 is 0 Å². The largest absolute Gasteiger partial charge is 0.305 e. The highest BCUT2D eigenvalue weighted by molar-refractivity contribution is 7.12. The van der Waals surface area contributed by atoms with Gasteiger partial charge in [-0.25, -0.2) is 0 Å². The van der Waals surface area contributed by atoms with Crippen LogP contribution in [0.1, 0.15) is 33.8 Å². The second kappa shape index (κ2) is 5.81. The summed E-state index contributed by atoms with van der Waals surface area (Å²) in [7, 11) is 0. The molecule has 18 heavy (non-hydrogen) atoms. The van der Waals surface area contributed by atoms with Gasteiger partial charge in [-0.2, -0.15) is 5.26 Å². The Balaban J connectivity index is 1.98. The molecule has 0 aliphatic heterocycles. The average molecular weight is 256 g/mol.